The summed E-state index contributed by atoms with van der Waals surface area (Å²) in [6.45, 7) is 4.42. The molecule has 0 amide bonds. The van der Waals surface area contributed by atoms with Gasteiger partial charge in [0.2, 0.25) is 0 Å². The molecular weight excluding hydrogens is 318 g/mol. The van der Waals surface area contributed by atoms with Crippen LogP contribution in [0.15, 0.2) is 17.4 Å². The zero-order valence-corrected chi connectivity index (χ0v) is 16.6. The fourth-order valence-electron chi connectivity index (χ4n) is 2.58. The maximum absolute atomic E-state index is 5.08. The Morgan fingerprint density at radius 1 is 1.32 bits per heavy atom. The van der Waals surface area contributed by atoms with Gasteiger partial charge in [0.1, 0.15) is 0 Å². The van der Waals surface area contributed by atoms with Crippen LogP contribution < -0.4 is 10.6 Å². The highest BCUT2D eigenvalue weighted by Gasteiger charge is 2.16. The molecule has 0 aliphatic rings. The van der Waals surface area contributed by atoms with Crippen LogP contribution in [0.3, 0.4) is 0 Å². The van der Waals surface area contributed by atoms with Crippen LogP contribution in [0.1, 0.15) is 18.0 Å². The molecule has 1 rings (SSSR count). The monoisotopic (exact) mass is 353 g/mol. The molecule has 0 saturated carbocycles. The maximum atomic E-state index is 5.08. The second-order valence-corrected chi connectivity index (χ2v) is 6.46. The number of rotatable bonds is 11. The van der Waals surface area contributed by atoms with E-state index in [1.807, 2.05) is 17.9 Å². The van der Waals surface area contributed by atoms with Crippen molar-refractivity contribution in [2.24, 2.45) is 12.0 Å². The molecule has 0 fully saturated rings. The highest BCUT2D eigenvalue weighted by atomic mass is 16.5. The number of nitrogens with one attached hydrogen (secondary N) is 2. The number of methoxy groups -OCH3 is 1. The maximum Gasteiger partial charge on any atom is 0.191 e. The van der Waals surface area contributed by atoms with Gasteiger partial charge in [-0.15, -0.1) is 0 Å². The summed E-state index contributed by atoms with van der Waals surface area (Å²) in [5.74, 6) is 0.820. The summed E-state index contributed by atoms with van der Waals surface area (Å²) in [4.78, 5) is 8.78. The lowest BCUT2D eigenvalue weighted by atomic mass is 10.1. The van der Waals surface area contributed by atoms with E-state index in [0.717, 1.165) is 45.2 Å². The Hall–Kier alpha value is -1.64. The van der Waals surface area contributed by atoms with E-state index in [4.69, 9.17) is 4.74 Å². The van der Waals surface area contributed by atoms with Crippen molar-refractivity contribution in [1.82, 2.24) is 30.2 Å². The molecular formula is C17H35N7O. The number of hydrogen-bond donors (Lipinski definition) is 2. The van der Waals surface area contributed by atoms with Crippen molar-refractivity contribution in [3.8, 4) is 0 Å². The number of nitrogens with zero attached hydrogens (tertiary/aromatic N) is 5. The van der Waals surface area contributed by atoms with E-state index in [9.17, 15) is 0 Å². The second-order valence-electron chi connectivity index (χ2n) is 6.46. The Morgan fingerprint density at radius 3 is 2.64 bits per heavy atom. The minimum atomic E-state index is 0.240. The van der Waals surface area contributed by atoms with Gasteiger partial charge in [0.15, 0.2) is 5.96 Å². The van der Waals surface area contributed by atoms with E-state index >= 15 is 0 Å². The lowest BCUT2D eigenvalue weighted by molar-refractivity contribution is 0.180. The Labute approximate surface area is 152 Å². The van der Waals surface area contributed by atoms with Gasteiger partial charge in [-0.05, 0) is 27.6 Å². The third kappa shape index (κ3) is 8.33. The number of guanidine groups is 1. The van der Waals surface area contributed by atoms with Gasteiger partial charge >= 0.3 is 0 Å². The molecule has 0 aromatic carbocycles. The molecule has 1 unspecified atom stereocenters. The summed E-state index contributed by atoms with van der Waals surface area (Å²) in [6.07, 6.45) is 5.02. The van der Waals surface area contributed by atoms with Gasteiger partial charge in [-0.25, -0.2) is 0 Å². The first kappa shape index (κ1) is 21.4. The van der Waals surface area contributed by atoms with Gasteiger partial charge in [0, 0.05) is 65.8 Å². The Balaban J connectivity index is 2.37. The van der Waals surface area contributed by atoms with Gasteiger partial charge in [-0.2, -0.15) is 5.10 Å². The molecule has 0 aliphatic heterocycles. The second kappa shape index (κ2) is 11.8. The van der Waals surface area contributed by atoms with Crippen molar-refractivity contribution in [2.45, 2.75) is 12.5 Å². The molecule has 8 nitrogen and oxygen atoms in total. The van der Waals surface area contributed by atoms with Crippen molar-refractivity contribution in [2.75, 3.05) is 68.1 Å². The number of likely N-dealkylation sites (N-methyl/N-ethyl adjacent to an activating group) is 2. The van der Waals surface area contributed by atoms with Crippen LogP contribution in [0.25, 0.3) is 0 Å². The first-order valence-corrected chi connectivity index (χ1v) is 8.75. The zero-order valence-electron chi connectivity index (χ0n) is 16.6. The highest BCUT2D eigenvalue weighted by molar-refractivity contribution is 5.79. The quantitative estimate of drug-likeness (QED) is 0.335. The summed E-state index contributed by atoms with van der Waals surface area (Å²) >= 11 is 0. The summed E-state index contributed by atoms with van der Waals surface area (Å²) in [6, 6.07) is 0.240. The number of aryl methyl sites for hydroxylation is 1. The molecule has 2 N–H and O–H groups in total. The van der Waals surface area contributed by atoms with Gasteiger partial charge in [-0.1, -0.05) is 0 Å². The van der Waals surface area contributed by atoms with E-state index in [-0.39, 0.29) is 6.04 Å². The van der Waals surface area contributed by atoms with Crippen LogP contribution in [0, 0.1) is 0 Å². The summed E-state index contributed by atoms with van der Waals surface area (Å²) in [7, 11) is 11.7. The molecule has 1 atom stereocenters. The lowest BCUT2D eigenvalue weighted by Gasteiger charge is -2.25. The van der Waals surface area contributed by atoms with Crippen molar-refractivity contribution in [3.63, 3.8) is 0 Å². The zero-order chi connectivity index (χ0) is 18.7. The van der Waals surface area contributed by atoms with E-state index < -0.39 is 0 Å². The molecule has 0 radical (unpaired) electrons. The third-order valence-corrected chi connectivity index (χ3v) is 4.09. The number of ether oxygens (including phenoxy) is 1. The molecule has 1 heterocycles. The predicted octanol–water partition coefficient (Wildman–Crippen LogP) is 0.156. The van der Waals surface area contributed by atoms with Crippen molar-refractivity contribution >= 4 is 5.96 Å². The van der Waals surface area contributed by atoms with Crippen LogP contribution in [-0.2, 0) is 11.8 Å². The van der Waals surface area contributed by atoms with Crippen LogP contribution >= 0.6 is 0 Å². The standard InChI is InChI=1S/C17H35N7O/c1-18-17(19-8-10-23(4)9-7-11-25-6)20-13-16(22(2)3)15-12-21-24(5)14-15/h12,14,16H,7-11,13H2,1-6H3,(H2,18,19,20). The summed E-state index contributed by atoms with van der Waals surface area (Å²) in [5, 5.41) is 11.0. The van der Waals surface area contributed by atoms with Gasteiger partial charge in [0.25, 0.3) is 0 Å². The van der Waals surface area contributed by atoms with E-state index in [0.29, 0.717) is 0 Å². The fourth-order valence-corrected chi connectivity index (χ4v) is 2.58. The van der Waals surface area contributed by atoms with Crippen LogP contribution in [0.2, 0.25) is 0 Å². The van der Waals surface area contributed by atoms with Crippen molar-refractivity contribution < 1.29 is 4.74 Å². The minimum absolute atomic E-state index is 0.240. The van der Waals surface area contributed by atoms with Crippen LogP contribution in [0.5, 0.6) is 0 Å². The topological polar surface area (TPSA) is 70.0 Å². The normalized spacial score (nSPS) is 13.5. The van der Waals surface area contributed by atoms with Gasteiger partial charge in [-0.3, -0.25) is 9.67 Å². The first-order valence-electron chi connectivity index (χ1n) is 8.75. The highest BCUT2D eigenvalue weighted by Crippen LogP contribution is 2.15. The summed E-state index contributed by atoms with van der Waals surface area (Å²) < 4.78 is 6.91. The third-order valence-electron chi connectivity index (χ3n) is 4.09. The average Bonchev–Trinajstić information content (AvgIpc) is 2.99. The molecule has 144 valence electrons. The SMILES string of the molecule is CN=C(NCCN(C)CCCOC)NCC(c1cnn(C)c1)N(C)C. The minimum Gasteiger partial charge on any atom is -0.385 e. The number of aromatic nitrogens is 2. The predicted molar refractivity (Wildman–Crippen MR) is 103 cm³/mol. The Bertz CT molecular complexity index is 501. The smallest absolute Gasteiger partial charge is 0.191 e. The van der Waals surface area contributed by atoms with E-state index in [1.54, 1.807) is 14.2 Å². The molecule has 25 heavy (non-hydrogen) atoms. The first-order chi connectivity index (χ1) is 12.0. The number of aliphatic imine (C=N–C) groups is 1. The van der Waals surface area contributed by atoms with Crippen molar-refractivity contribution in [3.05, 3.63) is 18.0 Å². The van der Waals surface area contributed by atoms with Gasteiger partial charge in [0.05, 0.1) is 12.2 Å². The number of hydrogen-bond acceptors (Lipinski definition) is 5. The molecule has 1 aromatic heterocycles. The lowest BCUT2D eigenvalue weighted by Crippen LogP contribution is -2.44. The van der Waals surface area contributed by atoms with Gasteiger partial charge < -0.3 is 25.2 Å². The fraction of sp³-hybridized carbons (Fsp3) is 0.765. The van der Waals surface area contributed by atoms with E-state index in [1.165, 1.54) is 5.56 Å². The molecule has 0 aliphatic carbocycles. The summed E-state index contributed by atoms with van der Waals surface area (Å²) in [5.41, 5.74) is 1.19. The Morgan fingerprint density at radius 2 is 2.08 bits per heavy atom. The Kier molecular flexibility index (Phi) is 10.1. The molecule has 0 saturated heterocycles. The molecule has 0 bridgehead atoms. The average molecular weight is 354 g/mol. The van der Waals surface area contributed by atoms with Crippen molar-refractivity contribution in [1.29, 1.82) is 0 Å². The van der Waals surface area contributed by atoms with Crippen LogP contribution in [-0.4, -0.2) is 93.6 Å². The van der Waals surface area contributed by atoms with Crippen LogP contribution in [0.4, 0.5) is 0 Å². The van der Waals surface area contributed by atoms with E-state index in [2.05, 4.69) is 57.9 Å². The molecule has 0 spiro atoms. The largest absolute Gasteiger partial charge is 0.385 e. The molecule has 8 heteroatoms. The molecule has 1 aromatic rings.